The zero-order valence-electron chi connectivity index (χ0n) is 8.79. The van der Waals surface area contributed by atoms with Crippen molar-refractivity contribution in [3.8, 4) is 0 Å². The Morgan fingerprint density at radius 1 is 1.36 bits per heavy atom. The molecule has 0 aromatic carbocycles. The second kappa shape index (κ2) is 3.98. The minimum Gasteiger partial charge on any atom is -0.335 e. The molecule has 0 bridgehead atoms. The van der Waals surface area contributed by atoms with Crippen LogP contribution in [0.5, 0.6) is 0 Å². The summed E-state index contributed by atoms with van der Waals surface area (Å²) >= 11 is 0. The summed E-state index contributed by atoms with van der Waals surface area (Å²) in [5.41, 5.74) is 0. The summed E-state index contributed by atoms with van der Waals surface area (Å²) < 4.78 is 5.04. The third-order valence-electron chi connectivity index (χ3n) is 2.95. The van der Waals surface area contributed by atoms with Crippen LogP contribution in [0.25, 0.3) is 0 Å². The fourth-order valence-electron chi connectivity index (χ4n) is 2.04. The molecule has 2 unspecified atom stereocenters. The monoisotopic (exact) mass is 195 g/mol. The highest BCUT2D eigenvalue weighted by Gasteiger charge is 2.22. The van der Waals surface area contributed by atoms with Crippen LogP contribution in [0.15, 0.2) is 4.52 Å². The van der Waals surface area contributed by atoms with Gasteiger partial charge in [-0.15, -0.1) is 0 Å². The van der Waals surface area contributed by atoms with Gasteiger partial charge in [0, 0.05) is 6.04 Å². The van der Waals surface area contributed by atoms with Gasteiger partial charge in [-0.1, -0.05) is 24.9 Å². The van der Waals surface area contributed by atoms with Crippen LogP contribution in [0.4, 0.5) is 6.01 Å². The van der Waals surface area contributed by atoms with Crippen molar-refractivity contribution < 1.29 is 4.52 Å². The fraction of sp³-hybridized carbons (Fsp3) is 0.800. The molecule has 0 aliphatic heterocycles. The fourth-order valence-corrected chi connectivity index (χ4v) is 2.04. The smallest absolute Gasteiger partial charge is 0.321 e. The average Bonchev–Trinajstić information content (AvgIpc) is 2.56. The molecule has 4 heteroatoms. The second-order valence-electron chi connectivity index (χ2n) is 4.16. The minimum absolute atomic E-state index is 0.503. The third kappa shape index (κ3) is 2.05. The van der Waals surface area contributed by atoms with Crippen LogP contribution in [-0.4, -0.2) is 16.2 Å². The molecule has 0 spiro atoms. The summed E-state index contributed by atoms with van der Waals surface area (Å²) in [6.45, 7) is 4.11. The van der Waals surface area contributed by atoms with Crippen LogP contribution in [0.1, 0.15) is 38.4 Å². The lowest BCUT2D eigenvalue weighted by Crippen LogP contribution is -2.30. The second-order valence-corrected chi connectivity index (χ2v) is 4.16. The van der Waals surface area contributed by atoms with Crippen LogP contribution in [0, 0.1) is 12.8 Å². The molecule has 1 aliphatic carbocycles. The Bertz CT molecular complexity index is 297. The number of rotatable bonds is 2. The van der Waals surface area contributed by atoms with Crippen LogP contribution in [0.2, 0.25) is 0 Å². The van der Waals surface area contributed by atoms with Gasteiger partial charge < -0.3 is 9.84 Å². The lowest BCUT2D eigenvalue weighted by atomic mass is 9.86. The number of nitrogens with one attached hydrogen (secondary N) is 1. The van der Waals surface area contributed by atoms with Gasteiger partial charge in [0.15, 0.2) is 5.82 Å². The maximum absolute atomic E-state index is 5.04. The van der Waals surface area contributed by atoms with E-state index in [1.54, 1.807) is 0 Å². The zero-order valence-corrected chi connectivity index (χ0v) is 8.79. The first-order chi connectivity index (χ1) is 6.75. The Balaban J connectivity index is 1.95. The number of hydrogen-bond acceptors (Lipinski definition) is 4. The van der Waals surface area contributed by atoms with Gasteiger partial charge >= 0.3 is 6.01 Å². The molecule has 4 nitrogen and oxygen atoms in total. The largest absolute Gasteiger partial charge is 0.335 e. The standard InChI is InChI=1S/C10H17N3O/c1-7-5-3-4-6-9(7)12-10-11-8(2)13-14-10/h7,9H,3-6H2,1-2H3,(H,11,12,13). The predicted octanol–water partition coefficient (Wildman–Crippen LogP) is 2.37. The molecule has 1 aliphatic rings. The molecular weight excluding hydrogens is 178 g/mol. The molecule has 1 N–H and O–H groups in total. The minimum atomic E-state index is 0.503. The summed E-state index contributed by atoms with van der Waals surface area (Å²) in [7, 11) is 0. The molecule has 0 amide bonds. The lowest BCUT2D eigenvalue weighted by Gasteiger charge is -2.28. The Morgan fingerprint density at radius 2 is 2.14 bits per heavy atom. The Labute approximate surface area is 84.1 Å². The van der Waals surface area contributed by atoms with E-state index in [4.69, 9.17) is 4.52 Å². The van der Waals surface area contributed by atoms with E-state index >= 15 is 0 Å². The van der Waals surface area contributed by atoms with E-state index in [2.05, 4.69) is 22.4 Å². The maximum Gasteiger partial charge on any atom is 0.321 e. The first kappa shape index (κ1) is 9.49. The Kier molecular flexibility index (Phi) is 2.70. The van der Waals surface area contributed by atoms with Crippen LogP contribution in [0.3, 0.4) is 0 Å². The number of aromatic nitrogens is 2. The van der Waals surface area contributed by atoms with E-state index in [0.717, 1.165) is 0 Å². The first-order valence-corrected chi connectivity index (χ1v) is 5.32. The normalized spacial score (nSPS) is 27.6. The molecule has 14 heavy (non-hydrogen) atoms. The van der Waals surface area contributed by atoms with E-state index in [0.29, 0.717) is 23.8 Å². The number of anilines is 1. The summed E-state index contributed by atoms with van der Waals surface area (Å²) in [4.78, 5) is 4.15. The van der Waals surface area contributed by atoms with Gasteiger partial charge in [0.05, 0.1) is 0 Å². The zero-order chi connectivity index (χ0) is 9.97. The summed E-state index contributed by atoms with van der Waals surface area (Å²) in [5, 5.41) is 7.07. The van der Waals surface area contributed by atoms with Crippen molar-refractivity contribution in [2.24, 2.45) is 5.92 Å². The van der Waals surface area contributed by atoms with Crippen molar-refractivity contribution >= 4 is 6.01 Å². The van der Waals surface area contributed by atoms with Gasteiger partial charge in [-0.2, -0.15) is 4.98 Å². The lowest BCUT2D eigenvalue weighted by molar-refractivity contribution is 0.336. The summed E-state index contributed by atoms with van der Waals surface area (Å²) in [6.07, 6.45) is 5.16. The van der Waals surface area contributed by atoms with Crippen molar-refractivity contribution in [3.05, 3.63) is 5.82 Å². The van der Waals surface area contributed by atoms with Gasteiger partial charge in [-0.3, -0.25) is 0 Å². The predicted molar refractivity (Wildman–Crippen MR) is 54.1 cm³/mol. The Hall–Kier alpha value is -1.06. The van der Waals surface area contributed by atoms with E-state index in [1.807, 2.05) is 6.92 Å². The number of nitrogens with zero attached hydrogens (tertiary/aromatic N) is 2. The first-order valence-electron chi connectivity index (χ1n) is 5.32. The molecule has 1 aromatic rings. The van der Waals surface area contributed by atoms with Crippen molar-refractivity contribution in [2.75, 3.05) is 5.32 Å². The molecule has 2 rings (SSSR count). The van der Waals surface area contributed by atoms with E-state index in [1.165, 1.54) is 25.7 Å². The number of hydrogen-bond donors (Lipinski definition) is 1. The van der Waals surface area contributed by atoms with Gasteiger partial charge in [-0.05, 0) is 25.7 Å². The van der Waals surface area contributed by atoms with Crippen molar-refractivity contribution in [2.45, 2.75) is 45.6 Å². The number of aryl methyl sites for hydroxylation is 1. The summed E-state index contributed by atoms with van der Waals surface area (Å²) in [5.74, 6) is 1.40. The summed E-state index contributed by atoms with van der Waals surface area (Å²) in [6, 6.07) is 1.07. The molecule has 0 radical (unpaired) electrons. The highest BCUT2D eigenvalue weighted by Crippen LogP contribution is 2.26. The third-order valence-corrected chi connectivity index (χ3v) is 2.95. The molecule has 1 heterocycles. The van der Waals surface area contributed by atoms with Gasteiger partial charge in [0.2, 0.25) is 0 Å². The quantitative estimate of drug-likeness (QED) is 0.787. The SMILES string of the molecule is Cc1noc(NC2CCCCC2C)n1. The van der Waals surface area contributed by atoms with Gasteiger partial charge in [0.25, 0.3) is 0 Å². The maximum atomic E-state index is 5.04. The Morgan fingerprint density at radius 3 is 2.79 bits per heavy atom. The van der Waals surface area contributed by atoms with Crippen molar-refractivity contribution in [3.63, 3.8) is 0 Å². The topological polar surface area (TPSA) is 51.0 Å². The van der Waals surface area contributed by atoms with Crippen LogP contribution < -0.4 is 5.32 Å². The van der Waals surface area contributed by atoms with Crippen molar-refractivity contribution in [1.29, 1.82) is 0 Å². The van der Waals surface area contributed by atoms with Crippen LogP contribution >= 0.6 is 0 Å². The molecule has 2 atom stereocenters. The van der Waals surface area contributed by atoms with E-state index < -0.39 is 0 Å². The van der Waals surface area contributed by atoms with Crippen LogP contribution in [-0.2, 0) is 0 Å². The van der Waals surface area contributed by atoms with E-state index in [-0.39, 0.29) is 0 Å². The highest BCUT2D eigenvalue weighted by molar-refractivity contribution is 5.20. The molecule has 1 aromatic heterocycles. The van der Waals surface area contributed by atoms with E-state index in [9.17, 15) is 0 Å². The highest BCUT2D eigenvalue weighted by atomic mass is 16.5. The molecule has 1 fully saturated rings. The molecule has 78 valence electrons. The molecular formula is C10H17N3O. The molecule has 0 saturated heterocycles. The van der Waals surface area contributed by atoms with Gasteiger partial charge in [0.1, 0.15) is 0 Å². The molecule has 1 saturated carbocycles. The van der Waals surface area contributed by atoms with Gasteiger partial charge in [-0.25, -0.2) is 0 Å². The van der Waals surface area contributed by atoms with Crippen molar-refractivity contribution in [1.82, 2.24) is 10.1 Å². The average molecular weight is 195 g/mol.